The van der Waals surface area contributed by atoms with E-state index in [4.69, 9.17) is 5.11 Å². The second-order valence-electron chi connectivity index (χ2n) is 5.27. The van der Waals surface area contributed by atoms with Crippen molar-refractivity contribution >= 4 is 11.9 Å². The molecule has 0 saturated heterocycles. The predicted molar refractivity (Wildman–Crippen MR) is 66.5 cm³/mol. The fraction of sp³-hybridized carbons (Fsp3) is 0.615. The molecule has 0 aliphatic heterocycles. The van der Waals surface area contributed by atoms with Gasteiger partial charge in [0.05, 0.1) is 0 Å². The van der Waals surface area contributed by atoms with Crippen molar-refractivity contribution in [2.75, 3.05) is 5.32 Å². The molecule has 1 heterocycles. The van der Waals surface area contributed by atoms with Crippen LogP contribution >= 0.6 is 0 Å². The molecule has 5 heteroatoms. The molecular weight excluding hydrogens is 230 g/mol. The smallest absolute Gasteiger partial charge is 0.354 e. The van der Waals surface area contributed by atoms with Gasteiger partial charge >= 0.3 is 5.97 Å². The number of hydrogen-bond donors (Lipinski definition) is 2. The Labute approximate surface area is 106 Å². The number of carboxylic acid groups (broad SMARTS) is 1. The van der Waals surface area contributed by atoms with Crippen LogP contribution in [0.3, 0.4) is 0 Å². The third-order valence-corrected chi connectivity index (χ3v) is 3.96. The van der Waals surface area contributed by atoms with Crippen molar-refractivity contribution < 1.29 is 9.90 Å². The van der Waals surface area contributed by atoms with Crippen LogP contribution < -0.4 is 5.32 Å². The van der Waals surface area contributed by atoms with Gasteiger partial charge in [0, 0.05) is 12.2 Å². The highest BCUT2D eigenvalue weighted by molar-refractivity contribution is 5.85. The van der Waals surface area contributed by atoms with Crippen molar-refractivity contribution in [3.8, 4) is 0 Å². The van der Waals surface area contributed by atoms with Crippen molar-refractivity contribution in [3.63, 3.8) is 0 Å². The van der Waals surface area contributed by atoms with Crippen LogP contribution in [0.2, 0.25) is 0 Å². The maximum Gasteiger partial charge on any atom is 0.354 e. The second-order valence-corrected chi connectivity index (χ2v) is 5.27. The van der Waals surface area contributed by atoms with Crippen LogP contribution in [0.25, 0.3) is 0 Å². The maximum atomic E-state index is 10.9. The zero-order valence-electron chi connectivity index (χ0n) is 10.2. The summed E-state index contributed by atoms with van der Waals surface area (Å²) in [5.74, 6) is 0.896. The topological polar surface area (TPSA) is 75.1 Å². The van der Waals surface area contributed by atoms with Crippen molar-refractivity contribution in [2.24, 2.45) is 11.8 Å². The second kappa shape index (κ2) is 4.55. The van der Waals surface area contributed by atoms with Gasteiger partial charge in [-0.05, 0) is 43.6 Å². The number of anilines is 1. The van der Waals surface area contributed by atoms with Crippen LogP contribution in [0.4, 0.5) is 5.95 Å². The third kappa shape index (κ3) is 2.30. The molecule has 1 unspecified atom stereocenters. The average molecular weight is 247 g/mol. The first kappa shape index (κ1) is 11.4. The molecular formula is C13H17N3O2. The van der Waals surface area contributed by atoms with E-state index in [9.17, 15) is 4.79 Å². The van der Waals surface area contributed by atoms with Gasteiger partial charge in [-0.25, -0.2) is 14.8 Å². The molecule has 2 aliphatic carbocycles. The number of rotatable bonds is 5. The number of aromatic carboxylic acids is 1. The standard InChI is InChI=1S/C13H17N3O2/c17-12(18)10-6-7-14-13(15-10)16-11(9-4-5-9)8-2-1-3-8/h6-9,11H,1-5H2,(H,17,18)(H,14,15,16). The first-order valence-electron chi connectivity index (χ1n) is 6.57. The molecule has 0 amide bonds. The van der Waals surface area contributed by atoms with Gasteiger partial charge in [-0.15, -0.1) is 0 Å². The van der Waals surface area contributed by atoms with E-state index in [0.717, 1.165) is 11.8 Å². The number of nitrogens with one attached hydrogen (secondary N) is 1. The fourth-order valence-electron chi connectivity index (χ4n) is 2.57. The molecule has 0 bridgehead atoms. The lowest BCUT2D eigenvalue weighted by Crippen LogP contribution is -2.36. The first-order valence-corrected chi connectivity index (χ1v) is 6.57. The van der Waals surface area contributed by atoms with Crippen LogP contribution in [-0.4, -0.2) is 27.1 Å². The van der Waals surface area contributed by atoms with E-state index in [1.165, 1.54) is 44.4 Å². The van der Waals surface area contributed by atoms with Crippen molar-refractivity contribution in [1.82, 2.24) is 9.97 Å². The molecule has 18 heavy (non-hydrogen) atoms. The molecule has 2 aliphatic rings. The molecule has 2 N–H and O–H groups in total. The monoisotopic (exact) mass is 247 g/mol. The summed E-state index contributed by atoms with van der Waals surface area (Å²) in [5.41, 5.74) is 0.0515. The van der Waals surface area contributed by atoms with E-state index in [1.807, 2.05) is 0 Å². The molecule has 1 aromatic heterocycles. The number of aromatic nitrogens is 2. The highest BCUT2D eigenvalue weighted by Crippen LogP contribution is 2.43. The van der Waals surface area contributed by atoms with Gasteiger partial charge in [-0.2, -0.15) is 0 Å². The minimum atomic E-state index is -1.01. The quantitative estimate of drug-likeness (QED) is 0.834. The zero-order valence-corrected chi connectivity index (χ0v) is 10.2. The van der Waals surface area contributed by atoms with Gasteiger partial charge in [0.1, 0.15) is 0 Å². The maximum absolute atomic E-state index is 10.9. The van der Waals surface area contributed by atoms with E-state index in [0.29, 0.717) is 12.0 Å². The Bertz CT molecular complexity index is 455. The van der Waals surface area contributed by atoms with Crippen molar-refractivity contribution in [3.05, 3.63) is 18.0 Å². The molecule has 5 nitrogen and oxygen atoms in total. The molecule has 3 rings (SSSR count). The Morgan fingerprint density at radius 3 is 2.61 bits per heavy atom. The minimum Gasteiger partial charge on any atom is -0.477 e. The van der Waals surface area contributed by atoms with Crippen molar-refractivity contribution in [2.45, 2.75) is 38.1 Å². The number of hydrogen-bond acceptors (Lipinski definition) is 4. The summed E-state index contributed by atoms with van der Waals surface area (Å²) in [4.78, 5) is 19.0. The summed E-state index contributed by atoms with van der Waals surface area (Å²) >= 11 is 0. The molecule has 2 saturated carbocycles. The highest BCUT2D eigenvalue weighted by Gasteiger charge is 2.39. The van der Waals surface area contributed by atoms with Crippen LogP contribution in [0, 0.1) is 11.8 Å². The van der Waals surface area contributed by atoms with Gasteiger partial charge in [0.15, 0.2) is 5.69 Å². The Morgan fingerprint density at radius 1 is 1.33 bits per heavy atom. The summed E-state index contributed by atoms with van der Waals surface area (Å²) in [6.07, 6.45) is 7.90. The van der Waals surface area contributed by atoms with Crippen LogP contribution in [0.5, 0.6) is 0 Å². The van der Waals surface area contributed by atoms with Crippen LogP contribution in [0.15, 0.2) is 12.3 Å². The Hall–Kier alpha value is -1.65. The predicted octanol–water partition coefficient (Wildman–Crippen LogP) is 2.17. The summed E-state index contributed by atoms with van der Waals surface area (Å²) < 4.78 is 0. The lowest BCUT2D eigenvalue weighted by molar-refractivity contribution is 0.0690. The zero-order chi connectivity index (χ0) is 12.5. The number of nitrogens with zero attached hydrogens (tertiary/aromatic N) is 2. The normalized spacial score (nSPS) is 21.1. The molecule has 96 valence electrons. The Kier molecular flexibility index (Phi) is 2.89. The largest absolute Gasteiger partial charge is 0.477 e. The minimum absolute atomic E-state index is 0.0515. The Morgan fingerprint density at radius 2 is 2.06 bits per heavy atom. The summed E-state index contributed by atoms with van der Waals surface area (Å²) in [6, 6.07) is 1.85. The Balaban J connectivity index is 1.73. The number of carboxylic acids is 1. The summed E-state index contributed by atoms with van der Waals surface area (Å²) in [7, 11) is 0. The molecule has 0 aromatic carbocycles. The molecule has 1 atom stereocenters. The highest BCUT2D eigenvalue weighted by atomic mass is 16.4. The van der Waals surface area contributed by atoms with Gasteiger partial charge in [-0.3, -0.25) is 0 Å². The molecule has 1 aromatic rings. The SMILES string of the molecule is O=C(O)c1ccnc(NC(C2CCC2)C2CC2)n1. The summed E-state index contributed by atoms with van der Waals surface area (Å²) in [6.45, 7) is 0. The van der Waals surface area contributed by atoms with Gasteiger partial charge in [0.25, 0.3) is 0 Å². The molecule has 0 radical (unpaired) electrons. The molecule has 0 spiro atoms. The van der Waals surface area contributed by atoms with Gasteiger partial charge in [-0.1, -0.05) is 6.42 Å². The number of carbonyl (C=O) groups is 1. The van der Waals surface area contributed by atoms with E-state index in [-0.39, 0.29) is 5.69 Å². The van der Waals surface area contributed by atoms with Crippen LogP contribution in [0.1, 0.15) is 42.6 Å². The van der Waals surface area contributed by atoms with Gasteiger partial charge < -0.3 is 10.4 Å². The lowest BCUT2D eigenvalue weighted by Gasteiger charge is -2.34. The van der Waals surface area contributed by atoms with Crippen molar-refractivity contribution in [1.29, 1.82) is 0 Å². The molecule has 2 fully saturated rings. The third-order valence-electron chi connectivity index (χ3n) is 3.96. The fourth-order valence-corrected chi connectivity index (χ4v) is 2.57. The summed E-state index contributed by atoms with van der Waals surface area (Å²) in [5, 5.41) is 12.3. The average Bonchev–Trinajstić information content (AvgIpc) is 3.10. The van der Waals surface area contributed by atoms with E-state index >= 15 is 0 Å². The van der Waals surface area contributed by atoms with Crippen LogP contribution in [-0.2, 0) is 0 Å². The van der Waals surface area contributed by atoms with Gasteiger partial charge in [0.2, 0.25) is 5.95 Å². The van der Waals surface area contributed by atoms with E-state index in [2.05, 4.69) is 15.3 Å². The lowest BCUT2D eigenvalue weighted by atomic mass is 9.78. The van der Waals surface area contributed by atoms with E-state index < -0.39 is 5.97 Å². The first-order chi connectivity index (χ1) is 8.74. The van der Waals surface area contributed by atoms with E-state index in [1.54, 1.807) is 0 Å².